The van der Waals surface area contributed by atoms with Crippen LogP contribution in [0, 0.1) is 5.92 Å². The van der Waals surface area contributed by atoms with E-state index in [-0.39, 0.29) is 23.6 Å². The summed E-state index contributed by atoms with van der Waals surface area (Å²) in [7, 11) is 1.45. The lowest BCUT2D eigenvalue weighted by molar-refractivity contribution is -0.149. The highest BCUT2D eigenvalue weighted by atomic mass is 16.2. The number of rotatable bonds is 5. The minimum atomic E-state index is -0.569. The molecule has 6 nitrogen and oxygen atoms in total. The minimum Gasteiger partial charge on any atom is -0.344 e. The van der Waals surface area contributed by atoms with Crippen molar-refractivity contribution in [2.75, 3.05) is 13.6 Å². The van der Waals surface area contributed by atoms with Crippen molar-refractivity contribution in [1.29, 1.82) is 0 Å². The number of hydrogen-bond donors (Lipinski definition) is 2. The second kappa shape index (κ2) is 6.49. The Kier molecular flexibility index (Phi) is 5.27. The molecule has 1 aliphatic heterocycles. The van der Waals surface area contributed by atoms with E-state index in [0.717, 1.165) is 11.3 Å². The molecule has 1 saturated heterocycles. The topological polar surface area (TPSA) is 92.5 Å². The zero-order valence-electron chi connectivity index (χ0n) is 10.9. The molecule has 0 saturated carbocycles. The molecule has 1 aliphatic rings. The third-order valence-electron chi connectivity index (χ3n) is 3.25. The van der Waals surface area contributed by atoms with Gasteiger partial charge in [0.25, 0.3) is 5.91 Å². The highest BCUT2D eigenvalue weighted by Crippen LogP contribution is 2.13. The van der Waals surface area contributed by atoms with Crippen LogP contribution >= 0.6 is 0 Å². The van der Waals surface area contributed by atoms with E-state index in [1.54, 1.807) is 0 Å². The molecule has 0 bridgehead atoms. The number of carbonyl (C=O) groups excluding carboxylic acids is 3. The Balaban J connectivity index is 2.49. The molecule has 0 aromatic carbocycles. The summed E-state index contributed by atoms with van der Waals surface area (Å²) in [5, 5.41) is 2.71. The van der Waals surface area contributed by atoms with E-state index < -0.39 is 6.04 Å². The predicted octanol–water partition coefficient (Wildman–Crippen LogP) is -0.375. The van der Waals surface area contributed by atoms with Gasteiger partial charge in [-0.1, -0.05) is 6.92 Å². The normalized spacial score (nSPS) is 21.9. The molecular formula is C12H21N3O3. The Bertz CT molecular complexity index is 343. The molecule has 0 spiro atoms. The molecule has 3 amide bonds. The van der Waals surface area contributed by atoms with Crippen LogP contribution in [0.5, 0.6) is 0 Å². The fourth-order valence-corrected chi connectivity index (χ4v) is 1.92. The number of piperidine rings is 1. The minimum absolute atomic E-state index is 0.149. The molecule has 0 aromatic rings. The first-order chi connectivity index (χ1) is 8.47. The summed E-state index contributed by atoms with van der Waals surface area (Å²) >= 11 is 0. The second-order valence-electron chi connectivity index (χ2n) is 4.72. The maximum Gasteiger partial charge on any atom is 0.251 e. The van der Waals surface area contributed by atoms with Gasteiger partial charge >= 0.3 is 0 Å². The molecule has 0 radical (unpaired) electrons. The fourth-order valence-electron chi connectivity index (χ4n) is 1.92. The second-order valence-corrected chi connectivity index (χ2v) is 4.72. The molecule has 3 N–H and O–H groups in total. The van der Waals surface area contributed by atoms with Gasteiger partial charge in [0.05, 0.1) is 0 Å². The van der Waals surface area contributed by atoms with Crippen LogP contribution < -0.4 is 11.1 Å². The van der Waals surface area contributed by atoms with Crippen molar-refractivity contribution in [1.82, 2.24) is 10.2 Å². The maximum absolute atomic E-state index is 11.8. The lowest BCUT2D eigenvalue weighted by Gasteiger charge is -2.28. The van der Waals surface area contributed by atoms with Crippen molar-refractivity contribution < 1.29 is 14.4 Å². The van der Waals surface area contributed by atoms with Gasteiger partial charge in [-0.05, 0) is 25.8 Å². The first-order valence-corrected chi connectivity index (χ1v) is 6.28. The summed E-state index contributed by atoms with van der Waals surface area (Å²) in [4.78, 5) is 36.0. The standard InChI is InChI=1S/C12H21N3O3/c1-8(4-3-7-13)11(17)14-9-5-6-10(16)15(2)12(9)18/h8-9H,3-7,13H2,1-2H3,(H,14,17). The maximum atomic E-state index is 11.8. The third-order valence-corrected chi connectivity index (χ3v) is 3.25. The SMILES string of the molecule is CC(CCCN)C(=O)NC1CCC(=O)N(C)C1=O. The highest BCUT2D eigenvalue weighted by Gasteiger charge is 2.33. The summed E-state index contributed by atoms with van der Waals surface area (Å²) in [6.07, 6.45) is 2.17. The van der Waals surface area contributed by atoms with Gasteiger partial charge < -0.3 is 11.1 Å². The van der Waals surface area contributed by atoms with Gasteiger partial charge in [0.2, 0.25) is 11.8 Å². The van der Waals surface area contributed by atoms with Crippen molar-refractivity contribution in [3.8, 4) is 0 Å². The number of nitrogens with zero attached hydrogens (tertiary/aromatic N) is 1. The van der Waals surface area contributed by atoms with Crippen LogP contribution in [0.4, 0.5) is 0 Å². The molecule has 18 heavy (non-hydrogen) atoms. The van der Waals surface area contributed by atoms with E-state index in [1.807, 2.05) is 6.92 Å². The molecule has 0 aromatic heterocycles. The number of amides is 3. The average Bonchev–Trinajstić information content (AvgIpc) is 2.36. The Morgan fingerprint density at radius 3 is 2.83 bits per heavy atom. The zero-order chi connectivity index (χ0) is 13.7. The largest absolute Gasteiger partial charge is 0.344 e. The summed E-state index contributed by atoms with van der Waals surface area (Å²) < 4.78 is 0. The van der Waals surface area contributed by atoms with Gasteiger partial charge in [0.15, 0.2) is 0 Å². The Morgan fingerprint density at radius 2 is 2.22 bits per heavy atom. The number of imide groups is 1. The first kappa shape index (κ1) is 14.6. The van der Waals surface area contributed by atoms with E-state index in [2.05, 4.69) is 5.32 Å². The van der Waals surface area contributed by atoms with Crippen LogP contribution in [0.15, 0.2) is 0 Å². The Labute approximate surface area is 107 Å². The smallest absolute Gasteiger partial charge is 0.251 e. The molecule has 1 heterocycles. The predicted molar refractivity (Wildman–Crippen MR) is 66.4 cm³/mol. The lowest BCUT2D eigenvalue weighted by Crippen LogP contribution is -2.53. The molecule has 2 unspecified atom stereocenters. The number of carbonyl (C=O) groups is 3. The van der Waals surface area contributed by atoms with E-state index in [9.17, 15) is 14.4 Å². The van der Waals surface area contributed by atoms with Gasteiger partial charge in [-0.2, -0.15) is 0 Å². The van der Waals surface area contributed by atoms with Crippen molar-refractivity contribution in [3.63, 3.8) is 0 Å². The van der Waals surface area contributed by atoms with Crippen molar-refractivity contribution in [3.05, 3.63) is 0 Å². The van der Waals surface area contributed by atoms with Gasteiger partial charge in [-0.15, -0.1) is 0 Å². The van der Waals surface area contributed by atoms with Crippen LogP contribution in [0.1, 0.15) is 32.6 Å². The van der Waals surface area contributed by atoms with Crippen molar-refractivity contribution in [2.24, 2.45) is 11.7 Å². The third kappa shape index (κ3) is 3.53. The summed E-state index contributed by atoms with van der Waals surface area (Å²) in [5.41, 5.74) is 5.39. The molecule has 1 fully saturated rings. The summed E-state index contributed by atoms with van der Waals surface area (Å²) in [6.45, 7) is 2.37. The number of hydrogen-bond acceptors (Lipinski definition) is 4. The quantitative estimate of drug-likeness (QED) is 0.655. The van der Waals surface area contributed by atoms with Crippen molar-refractivity contribution >= 4 is 17.7 Å². The average molecular weight is 255 g/mol. The van der Waals surface area contributed by atoms with Crippen LogP contribution in [-0.4, -0.2) is 42.3 Å². The van der Waals surface area contributed by atoms with E-state index in [1.165, 1.54) is 7.05 Å². The number of likely N-dealkylation sites (N-methyl/N-ethyl adjacent to an activating group) is 1. The first-order valence-electron chi connectivity index (χ1n) is 6.28. The molecule has 1 rings (SSSR count). The van der Waals surface area contributed by atoms with Crippen LogP contribution in [-0.2, 0) is 14.4 Å². The van der Waals surface area contributed by atoms with Gasteiger partial charge in [-0.25, -0.2) is 0 Å². The highest BCUT2D eigenvalue weighted by molar-refractivity contribution is 6.01. The molecule has 0 aliphatic carbocycles. The zero-order valence-corrected chi connectivity index (χ0v) is 10.9. The van der Waals surface area contributed by atoms with E-state index in [0.29, 0.717) is 25.8 Å². The Hall–Kier alpha value is -1.43. The monoisotopic (exact) mass is 255 g/mol. The van der Waals surface area contributed by atoms with Crippen LogP contribution in [0.25, 0.3) is 0 Å². The van der Waals surface area contributed by atoms with Crippen LogP contribution in [0.3, 0.4) is 0 Å². The number of nitrogens with one attached hydrogen (secondary N) is 1. The molecule has 6 heteroatoms. The number of likely N-dealkylation sites (tertiary alicyclic amines) is 1. The molecular weight excluding hydrogens is 234 g/mol. The van der Waals surface area contributed by atoms with Gasteiger partial charge in [0, 0.05) is 19.4 Å². The van der Waals surface area contributed by atoms with Gasteiger partial charge in [0.1, 0.15) is 6.04 Å². The van der Waals surface area contributed by atoms with E-state index >= 15 is 0 Å². The Morgan fingerprint density at radius 1 is 1.56 bits per heavy atom. The van der Waals surface area contributed by atoms with E-state index in [4.69, 9.17) is 5.73 Å². The van der Waals surface area contributed by atoms with Crippen LogP contribution in [0.2, 0.25) is 0 Å². The fraction of sp³-hybridized carbons (Fsp3) is 0.750. The van der Waals surface area contributed by atoms with Crippen molar-refractivity contribution in [2.45, 2.75) is 38.6 Å². The molecule has 102 valence electrons. The number of nitrogens with two attached hydrogens (primary N) is 1. The summed E-state index contributed by atoms with van der Waals surface area (Å²) in [6, 6.07) is -0.569. The lowest BCUT2D eigenvalue weighted by atomic mass is 10.0. The summed E-state index contributed by atoms with van der Waals surface area (Å²) in [5.74, 6) is -0.832. The molecule has 2 atom stereocenters. The van der Waals surface area contributed by atoms with Gasteiger partial charge in [-0.3, -0.25) is 19.3 Å².